The quantitative estimate of drug-likeness (QED) is 0.739. The van der Waals surface area contributed by atoms with Gasteiger partial charge in [0.15, 0.2) is 0 Å². The fraction of sp³-hybridized carbons (Fsp3) is 0.409. The summed E-state index contributed by atoms with van der Waals surface area (Å²) >= 11 is 0. The molecule has 154 valence electrons. The summed E-state index contributed by atoms with van der Waals surface area (Å²) < 4.78 is 11.4. The Morgan fingerprint density at radius 2 is 2.10 bits per heavy atom. The SMILES string of the molecule is CN=CC1=CC(OC)C(C)(C2C(C(=O)O)=C(C)Nc3c(C)cnc(OC)c32)C=C1. The number of aliphatic imine (C=N–C) groups is 1. The maximum absolute atomic E-state index is 12.4. The average molecular weight is 397 g/mol. The third-order valence-corrected chi connectivity index (χ3v) is 5.73. The van der Waals surface area contributed by atoms with Crippen molar-refractivity contribution < 1.29 is 19.4 Å². The predicted octanol–water partition coefficient (Wildman–Crippen LogP) is 3.48. The molecule has 1 aromatic heterocycles. The Kier molecular flexibility index (Phi) is 5.61. The molecule has 0 spiro atoms. The van der Waals surface area contributed by atoms with Gasteiger partial charge in [-0.3, -0.25) is 4.99 Å². The average Bonchev–Trinajstić information content (AvgIpc) is 2.69. The first-order valence-electron chi connectivity index (χ1n) is 9.39. The van der Waals surface area contributed by atoms with E-state index in [2.05, 4.69) is 15.3 Å². The molecule has 2 heterocycles. The second-order valence-corrected chi connectivity index (χ2v) is 7.55. The lowest BCUT2D eigenvalue weighted by atomic mass is 9.63. The van der Waals surface area contributed by atoms with Crippen molar-refractivity contribution in [3.63, 3.8) is 0 Å². The Hall–Kier alpha value is -2.93. The number of hydrogen-bond donors (Lipinski definition) is 2. The zero-order valence-electron chi connectivity index (χ0n) is 17.6. The normalized spacial score (nSPS) is 26.2. The van der Waals surface area contributed by atoms with Crippen LogP contribution in [0.25, 0.3) is 0 Å². The van der Waals surface area contributed by atoms with Crippen LogP contribution in [0, 0.1) is 12.3 Å². The lowest BCUT2D eigenvalue weighted by Crippen LogP contribution is -2.42. The summed E-state index contributed by atoms with van der Waals surface area (Å²) in [6.07, 6.45) is 9.04. The lowest BCUT2D eigenvalue weighted by molar-refractivity contribution is -0.133. The van der Waals surface area contributed by atoms with Crippen molar-refractivity contribution in [2.75, 3.05) is 26.6 Å². The Morgan fingerprint density at radius 1 is 1.38 bits per heavy atom. The first kappa shape index (κ1) is 20.8. The van der Waals surface area contributed by atoms with Crippen LogP contribution in [0.1, 0.15) is 30.9 Å². The fourth-order valence-corrected chi connectivity index (χ4v) is 4.32. The predicted molar refractivity (Wildman–Crippen MR) is 113 cm³/mol. The molecular formula is C22H27N3O4. The molecule has 3 atom stereocenters. The molecule has 0 amide bonds. The van der Waals surface area contributed by atoms with Crippen LogP contribution in [0.2, 0.25) is 0 Å². The molecule has 0 fully saturated rings. The van der Waals surface area contributed by atoms with E-state index in [0.29, 0.717) is 11.6 Å². The van der Waals surface area contributed by atoms with Crippen LogP contribution in [-0.4, -0.2) is 49.6 Å². The van der Waals surface area contributed by atoms with Gasteiger partial charge >= 0.3 is 5.97 Å². The van der Waals surface area contributed by atoms with E-state index in [0.717, 1.165) is 22.4 Å². The molecular weight excluding hydrogens is 370 g/mol. The van der Waals surface area contributed by atoms with E-state index < -0.39 is 17.3 Å². The molecule has 2 N–H and O–H groups in total. The van der Waals surface area contributed by atoms with E-state index in [-0.39, 0.29) is 11.7 Å². The number of carboxylic acid groups (broad SMARTS) is 1. The minimum atomic E-state index is -0.983. The van der Waals surface area contributed by atoms with Crippen molar-refractivity contribution in [3.05, 3.63) is 52.4 Å². The van der Waals surface area contributed by atoms with Crippen LogP contribution in [-0.2, 0) is 9.53 Å². The van der Waals surface area contributed by atoms with Crippen LogP contribution < -0.4 is 10.1 Å². The van der Waals surface area contributed by atoms with Crippen molar-refractivity contribution in [2.45, 2.75) is 32.8 Å². The summed E-state index contributed by atoms with van der Waals surface area (Å²) in [6, 6.07) is 0. The Balaban J connectivity index is 2.30. The summed E-state index contributed by atoms with van der Waals surface area (Å²) in [4.78, 5) is 20.9. The minimum Gasteiger partial charge on any atom is -0.481 e. The number of aliphatic carboxylic acids is 1. The van der Waals surface area contributed by atoms with Gasteiger partial charge in [0.05, 0.1) is 24.5 Å². The van der Waals surface area contributed by atoms with Gasteiger partial charge < -0.3 is 19.9 Å². The number of nitrogens with one attached hydrogen (secondary N) is 1. The van der Waals surface area contributed by atoms with E-state index >= 15 is 0 Å². The number of carboxylic acids is 1. The highest BCUT2D eigenvalue weighted by molar-refractivity contribution is 5.93. The van der Waals surface area contributed by atoms with Crippen LogP contribution in [0.3, 0.4) is 0 Å². The molecule has 1 aliphatic carbocycles. The van der Waals surface area contributed by atoms with Crippen LogP contribution in [0.4, 0.5) is 5.69 Å². The monoisotopic (exact) mass is 397 g/mol. The number of aryl methyl sites for hydroxylation is 1. The topological polar surface area (TPSA) is 93.0 Å². The molecule has 29 heavy (non-hydrogen) atoms. The molecule has 1 aromatic rings. The Bertz CT molecular complexity index is 961. The summed E-state index contributed by atoms with van der Waals surface area (Å²) in [6.45, 7) is 5.73. The molecule has 7 heteroatoms. The smallest absolute Gasteiger partial charge is 0.333 e. The number of carbonyl (C=O) groups is 1. The maximum atomic E-state index is 12.4. The molecule has 0 saturated heterocycles. The van der Waals surface area contributed by atoms with E-state index in [9.17, 15) is 9.90 Å². The minimum absolute atomic E-state index is 0.276. The zero-order chi connectivity index (χ0) is 21.3. The number of nitrogens with zero attached hydrogens (tertiary/aromatic N) is 2. The van der Waals surface area contributed by atoms with Gasteiger partial charge in [-0.15, -0.1) is 0 Å². The highest BCUT2D eigenvalue weighted by atomic mass is 16.5. The Morgan fingerprint density at radius 3 is 2.69 bits per heavy atom. The van der Waals surface area contributed by atoms with Crippen molar-refractivity contribution in [1.82, 2.24) is 4.98 Å². The fourth-order valence-electron chi connectivity index (χ4n) is 4.32. The van der Waals surface area contributed by atoms with Gasteiger partial charge in [-0.2, -0.15) is 0 Å². The molecule has 0 radical (unpaired) electrons. The number of aromatic nitrogens is 1. The van der Waals surface area contributed by atoms with Crippen LogP contribution in [0.5, 0.6) is 5.88 Å². The van der Waals surface area contributed by atoms with Crippen LogP contribution in [0.15, 0.2) is 46.3 Å². The molecule has 0 bridgehead atoms. The standard InChI is InChI=1S/C22H27N3O4/c1-12-10-24-20(29-6)17-18(16(21(26)27)13(2)25-19(12)17)22(3)8-7-14(11-23-4)9-15(22)28-5/h7-11,15,18,25H,1-6H3,(H,26,27). The lowest BCUT2D eigenvalue weighted by Gasteiger charge is -2.45. The molecule has 1 aliphatic heterocycles. The van der Waals surface area contributed by atoms with Gasteiger partial charge in [0.2, 0.25) is 5.88 Å². The Labute approximate surface area is 170 Å². The second-order valence-electron chi connectivity index (χ2n) is 7.55. The van der Waals surface area contributed by atoms with Gasteiger partial charge in [-0.1, -0.05) is 19.1 Å². The molecule has 7 nitrogen and oxygen atoms in total. The van der Waals surface area contributed by atoms with Crippen molar-refractivity contribution in [2.24, 2.45) is 10.4 Å². The van der Waals surface area contributed by atoms with Crippen molar-refractivity contribution in [1.29, 1.82) is 0 Å². The number of rotatable bonds is 5. The van der Waals surface area contributed by atoms with E-state index in [1.165, 1.54) is 0 Å². The largest absolute Gasteiger partial charge is 0.481 e. The number of hydrogen-bond acceptors (Lipinski definition) is 6. The number of methoxy groups -OCH3 is 2. The first-order chi connectivity index (χ1) is 13.8. The van der Waals surface area contributed by atoms with Gasteiger partial charge in [0, 0.05) is 49.2 Å². The number of anilines is 1. The van der Waals surface area contributed by atoms with Gasteiger partial charge in [0.25, 0.3) is 0 Å². The van der Waals surface area contributed by atoms with Gasteiger partial charge in [-0.05, 0) is 31.1 Å². The summed E-state index contributed by atoms with van der Waals surface area (Å²) in [5.41, 5.74) is 3.58. The summed E-state index contributed by atoms with van der Waals surface area (Å²) in [7, 11) is 4.88. The number of fused-ring (bicyclic) bond motifs is 1. The molecule has 0 aromatic carbocycles. The number of ether oxygens (including phenoxy) is 2. The van der Waals surface area contributed by atoms with E-state index in [4.69, 9.17) is 9.47 Å². The summed E-state index contributed by atoms with van der Waals surface area (Å²) in [5, 5.41) is 13.4. The number of allylic oxidation sites excluding steroid dienone is 3. The van der Waals surface area contributed by atoms with Crippen LogP contribution >= 0.6 is 0 Å². The first-order valence-corrected chi connectivity index (χ1v) is 9.39. The highest BCUT2D eigenvalue weighted by Gasteiger charge is 2.49. The molecule has 3 rings (SSSR count). The van der Waals surface area contributed by atoms with Crippen molar-refractivity contribution >= 4 is 17.9 Å². The maximum Gasteiger partial charge on any atom is 0.333 e. The molecule has 2 aliphatic rings. The van der Waals surface area contributed by atoms with E-state index in [1.807, 2.05) is 32.1 Å². The molecule has 0 saturated carbocycles. The number of pyridine rings is 1. The third kappa shape index (κ3) is 3.35. The van der Waals surface area contributed by atoms with E-state index in [1.54, 1.807) is 40.6 Å². The molecule has 3 unspecified atom stereocenters. The summed E-state index contributed by atoms with van der Waals surface area (Å²) in [5.74, 6) is -1.11. The third-order valence-electron chi connectivity index (χ3n) is 5.73. The second kappa shape index (κ2) is 7.83. The zero-order valence-corrected chi connectivity index (χ0v) is 17.6. The van der Waals surface area contributed by atoms with Gasteiger partial charge in [0.1, 0.15) is 0 Å². The van der Waals surface area contributed by atoms with Crippen molar-refractivity contribution in [3.8, 4) is 5.88 Å². The highest BCUT2D eigenvalue weighted by Crippen LogP contribution is 2.55. The van der Waals surface area contributed by atoms with Gasteiger partial charge in [-0.25, -0.2) is 9.78 Å².